The number of ketones is 1. The molecule has 1 aliphatic rings. The maximum Gasteiger partial charge on any atom is 0.328 e. The van der Waals surface area contributed by atoms with Gasteiger partial charge in [0.25, 0.3) is 0 Å². The first kappa shape index (κ1) is 22.9. The first-order valence-electron chi connectivity index (χ1n) is 12.2. The zero-order valence-corrected chi connectivity index (χ0v) is 20.0. The molecule has 1 N–H and O–H groups in total. The van der Waals surface area contributed by atoms with Crippen molar-refractivity contribution in [3.63, 3.8) is 0 Å². The van der Waals surface area contributed by atoms with Gasteiger partial charge >= 0.3 is 5.69 Å². The lowest BCUT2D eigenvalue weighted by molar-refractivity contribution is -0.125. The molecule has 0 spiro atoms. The van der Waals surface area contributed by atoms with Crippen LogP contribution in [0, 0.1) is 5.92 Å². The summed E-state index contributed by atoms with van der Waals surface area (Å²) in [6, 6.07) is 11.7. The van der Waals surface area contributed by atoms with Gasteiger partial charge in [0, 0.05) is 41.2 Å². The number of nitrogens with one attached hydrogen (secondary N) is 1. The summed E-state index contributed by atoms with van der Waals surface area (Å²) in [5, 5.41) is 14.3. The summed E-state index contributed by atoms with van der Waals surface area (Å²) in [4.78, 5) is 30.1. The fourth-order valence-electron chi connectivity index (χ4n) is 4.84. The lowest BCUT2D eigenvalue weighted by atomic mass is 9.77. The highest BCUT2D eigenvalue weighted by molar-refractivity contribution is 5.80. The molecule has 1 fully saturated rings. The number of carbonyl (C=O) groups is 1. The van der Waals surface area contributed by atoms with Gasteiger partial charge in [-0.05, 0) is 49.5 Å². The van der Waals surface area contributed by atoms with Crippen LogP contribution in [0.1, 0.15) is 56.8 Å². The number of nitrogens with zero attached hydrogens (tertiary/aromatic N) is 6. The van der Waals surface area contributed by atoms with E-state index in [1.165, 1.54) is 0 Å². The Kier molecular flexibility index (Phi) is 6.39. The van der Waals surface area contributed by atoms with E-state index in [1.807, 2.05) is 53.4 Å². The maximum atomic E-state index is 13.4. The van der Waals surface area contributed by atoms with Crippen molar-refractivity contribution in [1.82, 2.24) is 34.7 Å². The second kappa shape index (κ2) is 9.77. The van der Waals surface area contributed by atoms with Gasteiger partial charge in [-0.2, -0.15) is 5.21 Å². The van der Waals surface area contributed by atoms with Crippen molar-refractivity contribution in [2.75, 3.05) is 0 Å². The number of hydrogen-bond acceptors (Lipinski definition) is 6. The Morgan fingerprint density at radius 3 is 2.60 bits per heavy atom. The smallest absolute Gasteiger partial charge is 0.300 e. The number of aryl methyl sites for hydroxylation is 1. The molecule has 1 aromatic carbocycles. The summed E-state index contributed by atoms with van der Waals surface area (Å²) in [5.74, 6) is 0.625. The van der Waals surface area contributed by atoms with E-state index in [0.29, 0.717) is 12.4 Å². The van der Waals surface area contributed by atoms with Crippen LogP contribution in [0.3, 0.4) is 0 Å². The number of aromatic amines is 1. The van der Waals surface area contributed by atoms with Crippen LogP contribution in [0.5, 0.6) is 0 Å². The molecule has 35 heavy (non-hydrogen) atoms. The lowest BCUT2D eigenvalue weighted by Gasteiger charge is -2.35. The van der Waals surface area contributed by atoms with Crippen molar-refractivity contribution in [1.29, 1.82) is 0 Å². The van der Waals surface area contributed by atoms with Crippen LogP contribution in [0.15, 0.2) is 53.6 Å². The van der Waals surface area contributed by atoms with E-state index in [9.17, 15) is 9.59 Å². The van der Waals surface area contributed by atoms with E-state index in [1.54, 1.807) is 11.5 Å². The average Bonchev–Trinajstić information content (AvgIpc) is 3.47. The minimum atomic E-state index is -0.0530. The van der Waals surface area contributed by atoms with E-state index >= 15 is 0 Å². The van der Waals surface area contributed by atoms with Crippen molar-refractivity contribution in [2.45, 2.75) is 58.5 Å². The van der Waals surface area contributed by atoms with E-state index in [4.69, 9.17) is 0 Å². The number of carbonyl (C=O) groups excluding carboxylic acids is 1. The summed E-state index contributed by atoms with van der Waals surface area (Å²) < 4.78 is 3.64. The van der Waals surface area contributed by atoms with Crippen molar-refractivity contribution in [3.8, 4) is 22.6 Å². The summed E-state index contributed by atoms with van der Waals surface area (Å²) in [6.07, 6.45) is 8.41. The van der Waals surface area contributed by atoms with Gasteiger partial charge in [0.2, 0.25) is 5.82 Å². The Morgan fingerprint density at radius 2 is 1.97 bits per heavy atom. The molecule has 9 nitrogen and oxygen atoms in total. The number of H-pyrrole nitrogens is 1. The van der Waals surface area contributed by atoms with E-state index in [2.05, 4.69) is 32.5 Å². The molecule has 2 unspecified atom stereocenters. The second-order valence-electron chi connectivity index (χ2n) is 9.19. The number of tetrazole rings is 1. The molecule has 180 valence electrons. The van der Waals surface area contributed by atoms with Crippen LogP contribution in [-0.4, -0.2) is 40.5 Å². The topological polar surface area (TPSA) is 111 Å². The molecule has 0 bridgehead atoms. The quantitative estimate of drug-likeness (QED) is 0.397. The number of pyridine rings is 1. The average molecular weight is 472 g/mol. The molecular formula is C26H29N7O2. The van der Waals surface area contributed by atoms with E-state index < -0.39 is 0 Å². The number of benzene rings is 1. The Bertz CT molecular complexity index is 1370. The number of imidazole rings is 1. The maximum absolute atomic E-state index is 13.4. The fourth-order valence-corrected chi connectivity index (χ4v) is 4.84. The van der Waals surface area contributed by atoms with Gasteiger partial charge < -0.3 is 0 Å². The highest BCUT2D eigenvalue weighted by Gasteiger charge is 2.37. The second-order valence-corrected chi connectivity index (χ2v) is 9.19. The first-order chi connectivity index (χ1) is 17.1. The van der Waals surface area contributed by atoms with Crippen molar-refractivity contribution >= 4 is 5.78 Å². The molecule has 0 radical (unpaired) electrons. The normalized spacial score (nSPS) is 17.3. The summed E-state index contributed by atoms with van der Waals surface area (Å²) in [5.41, 5.74) is 4.46. The molecule has 5 rings (SSSR count). The third kappa shape index (κ3) is 4.45. The number of hydrogen-bond donors (Lipinski definition) is 1. The fraction of sp³-hybridized carbons (Fsp3) is 0.385. The summed E-state index contributed by atoms with van der Waals surface area (Å²) >= 11 is 0. The largest absolute Gasteiger partial charge is 0.328 e. The van der Waals surface area contributed by atoms with Crippen molar-refractivity contribution in [2.24, 2.45) is 5.92 Å². The molecule has 0 aliphatic heterocycles. The van der Waals surface area contributed by atoms with Crippen LogP contribution in [0.25, 0.3) is 22.6 Å². The highest BCUT2D eigenvalue weighted by atomic mass is 16.2. The summed E-state index contributed by atoms with van der Waals surface area (Å²) in [7, 11) is 0. The third-order valence-corrected chi connectivity index (χ3v) is 6.95. The Labute approximate surface area is 203 Å². The van der Waals surface area contributed by atoms with Gasteiger partial charge in [0.1, 0.15) is 5.78 Å². The lowest BCUT2D eigenvalue weighted by Crippen LogP contribution is -2.39. The molecule has 0 saturated heterocycles. The number of Topliss-reactive ketones (excluding diaryl/α,β-unsaturated/α-hetero) is 1. The van der Waals surface area contributed by atoms with Gasteiger partial charge in [-0.25, -0.2) is 4.79 Å². The molecule has 1 saturated carbocycles. The number of aromatic nitrogens is 7. The zero-order valence-electron chi connectivity index (χ0n) is 20.0. The number of rotatable bonds is 9. The SMILES string of the molecule is CCCCc1cn(C2CCC2C(C)=O)c(=O)n1Cc1ccc(-c2ccccc2-c2nn[nH]n2)nc1. The molecule has 3 heterocycles. The summed E-state index contributed by atoms with van der Waals surface area (Å²) in [6.45, 7) is 4.22. The predicted octanol–water partition coefficient (Wildman–Crippen LogP) is 3.82. The van der Waals surface area contributed by atoms with Crippen LogP contribution < -0.4 is 5.69 Å². The van der Waals surface area contributed by atoms with Crippen molar-refractivity contribution < 1.29 is 4.79 Å². The number of unbranched alkanes of at least 4 members (excludes halogenated alkanes) is 1. The van der Waals surface area contributed by atoms with Crippen molar-refractivity contribution in [3.05, 3.63) is 70.5 Å². The Hall–Kier alpha value is -3.88. The van der Waals surface area contributed by atoms with Gasteiger partial charge in [0.15, 0.2) is 0 Å². The standard InChI is InChI=1S/C26H29N7O2/c1-3-4-7-19-16-33(24-13-11-20(24)17(2)34)26(35)32(19)15-18-10-12-23(27-14-18)21-8-5-6-9-22(21)25-28-30-31-29-25/h5-6,8-10,12,14,16,20,24H,3-4,7,11,13,15H2,1-2H3,(H,28,29,30,31). The Balaban J connectivity index is 1.43. The molecule has 4 aromatic rings. The third-order valence-electron chi connectivity index (χ3n) is 6.95. The molecule has 0 amide bonds. The molecule has 2 atom stereocenters. The van der Waals surface area contributed by atoms with Crippen LogP contribution >= 0.6 is 0 Å². The van der Waals surface area contributed by atoms with Gasteiger partial charge in [-0.15, -0.1) is 10.2 Å². The Morgan fingerprint density at radius 1 is 1.14 bits per heavy atom. The molecule has 3 aromatic heterocycles. The molecule has 1 aliphatic carbocycles. The monoisotopic (exact) mass is 471 g/mol. The molecule has 9 heteroatoms. The van der Waals surface area contributed by atoms with E-state index in [0.717, 1.165) is 60.2 Å². The highest BCUT2D eigenvalue weighted by Crippen LogP contribution is 2.38. The van der Waals surface area contributed by atoms with Gasteiger partial charge in [-0.3, -0.25) is 18.9 Å². The van der Waals surface area contributed by atoms with Crippen LogP contribution in [-0.2, 0) is 17.8 Å². The van der Waals surface area contributed by atoms with Gasteiger partial charge in [-0.1, -0.05) is 43.7 Å². The van der Waals surface area contributed by atoms with Gasteiger partial charge in [0.05, 0.1) is 12.2 Å². The minimum Gasteiger partial charge on any atom is -0.300 e. The zero-order chi connectivity index (χ0) is 24.4. The van der Waals surface area contributed by atoms with Crippen LogP contribution in [0.4, 0.5) is 0 Å². The molecular weight excluding hydrogens is 442 g/mol. The van der Waals surface area contributed by atoms with E-state index in [-0.39, 0.29) is 23.4 Å². The minimum absolute atomic E-state index is 0.0243. The first-order valence-corrected chi connectivity index (χ1v) is 12.2. The van der Waals surface area contributed by atoms with Crippen LogP contribution in [0.2, 0.25) is 0 Å². The predicted molar refractivity (Wildman–Crippen MR) is 132 cm³/mol.